The summed E-state index contributed by atoms with van der Waals surface area (Å²) in [5, 5.41) is -0.561. The normalized spacial score (nSPS) is 24.5. The van der Waals surface area contributed by atoms with E-state index in [4.69, 9.17) is 4.74 Å². The molecule has 1 fully saturated rings. The molecular formula is C13H18BrNO5S. The van der Waals surface area contributed by atoms with E-state index >= 15 is 0 Å². The van der Waals surface area contributed by atoms with Gasteiger partial charge in [0.15, 0.2) is 26.9 Å². The summed E-state index contributed by atoms with van der Waals surface area (Å²) in [4.78, 5) is 24.8. The number of Topliss-reactive ketones (excluding diaryl/α,β-unsaturated/α-hetero) is 1. The second kappa shape index (κ2) is 5.39. The molecule has 0 saturated carbocycles. The van der Waals surface area contributed by atoms with Crippen molar-refractivity contribution < 1.29 is 22.7 Å². The maximum atomic E-state index is 12.0. The van der Waals surface area contributed by atoms with Crippen molar-refractivity contribution in [3.8, 4) is 0 Å². The van der Waals surface area contributed by atoms with Crippen LogP contribution < -0.4 is 0 Å². The van der Waals surface area contributed by atoms with E-state index in [0.717, 1.165) is 4.90 Å². The molecule has 2 aliphatic heterocycles. The molecule has 0 spiro atoms. The van der Waals surface area contributed by atoms with E-state index in [2.05, 4.69) is 15.9 Å². The molecule has 1 atom stereocenters. The summed E-state index contributed by atoms with van der Waals surface area (Å²) in [6.45, 7) is 5.16. The van der Waals surface area contributed by atoms with Gasteiger partial charge in [-0.1, -0.05) is 36.7 Å². The van der Waals surface area contributed by atoms with Crippen LogP contribution in [0, 0.1) is 5.41 Å². The third-order valence-electron chi connectivity index (χ3n) is 3.55. The average molecular weight is 380 g/mol. The Morgan fingerprint density at radius 1 is 1.43 bits per heavy atom. The molecule has 0 unspecified atom stereocenters. The molecule has 0 aromatic rings. The Morgan fingerprint density at radius 3 is 2.52 bits per heavy atom. The molecule has 118 valence electrons. The van der Waals surface area contributed by atoms with Crippen molar-refractivity contribution in [3.05, 3.63) is 11.5 Å². The van der Waals surface area contributed by atoms with Crippen molar-refractivity contribution in [3.63, 3.8) is 0 Å². The largest absolute Gasteiger partial charge is 0.471 e. The van der Waals surface area contributed by atoms with Gasteiger partial charge in [-0.2, -0.15) is 0 Å². The van der Waals surface area contributed by atoms with Crippen LogP contribution in [0.25, 0.3) is 0 Å². The molecule has 2 heterocycles. The van der Waals surface area contributed by atoms with E-state index in [-0.39, 0.29) is 41.7 Å². The Labute approximate surface area is 132 Å². The lowest BCUT2D eigenvalue weighted by Gasteiger charge is -2.44. The fourth-order valence-electron chi connectivity index (χ4n) is 2.11. The monoisotopic (exact) mass is 379 g/mol. The first-order valence-corrected chi connectivity index (χ1v) is 9.39. The highest BCUT2D eigenvalue weighted by molar-refractivity contribution is 9.09. The topological polar surface area (TPSA) is 80.8 Å². The average Bonchev–Trinajstić information content (AvgIpc) is 2.35. The predicted octanol–water partition coefficient (Wildman–Crippen LogP) is 1.21. The van der Waals surface area contributed by atoms with Gasteiger partial charge in [0.25, 0.3) is 0 Å². The van der Waals surface area contributed by atoms with E-state index in [9.17, 15) is 18.0 Å². The van der Waals surface area contributed by atoms with E-state index in [1.54, 1.807) is 20.8 Å². The molecule has 0 radical (unpaired) electrons. The molecule has 6 nitrogen and oxygen atoms in total. The standard InChI is InChI=1S/C13H18BrNO5S/c1-13(2,3)9(16)6-20-12-8(5-14)7-21(18,19)11-4-10(17)15(11)12/h11H,4-7H2,1-3H3/t11-/m0/s1. The van der Waals surface area contributed by atoms with Crippen LogP contribution in [0.4, 0.5) is 0 Å². The Morgan fingerprint density at radius 2 is 2.05 bits per heavy atom. The fourth-order valence-corrected chi connectivity index (χ4v) is 4.64. The summed E-state index contributed by atoms with van der Waals surface area (Å²) in [6.07, 6.45) is -0.0159. The third-order valence-corrected chi connectivity index (χ3v) is 6.19. The first-order valence-electron chi connectivity index (χ1n) is 6.55. The molecular weight excluding hydrogens is 362 g/mol. The molecule has 0 aromatic carbocycles. The van der Waals surface area contributed by atoms with Gasteiger partial charge < -0.3 is 4.74 Å². The first-order chi connectivity index (χ1) is 9.58. The maximum absolute atomic E-state index is 12.0. The fraction of sp³-hybridized carbons (Fsp3) is 0.692. The van der Waals surface area contributed by atoms with Gasteiger partial charge in [0.1, 0.15) is 6.61 Å². The summed E-state index contributed by atoms with van der Waals surface area (Å²) in [5.74, 6) is -0.325. The molecule has 8 heteroatoms. The van der Waals surface area contributed by atoms with Crippen LogP contribution in [-0.4, -0.2) is 48.1 Å². The third kappa shape index (κ3) is 3.01. The minimum Gasteiger partial charge on any atom is -0.471 e. The second-order valence-electron chi connectivity index (χ2n) is 6.23. The molecule has 0 N–H and O–H groups in total. The highest BCUT2D eigenvalue weighted by Gasteiger charge is 2.51. The number of amides is 1. The number of fused-ring (bicyclic) bond motifs is 1. The molecule has 0 aromatic heterocycles. The Hall–Kier alpha value is -0.890. The number of β-lactam (4-membered cyclic amide) rings is 1. The van der Waals surface area contributed by atoms with Gasteiger partial charge in [0, 0.05) is 16.3 Å². The number of hydrogen-bond donors (Lipinski definition) is 0. The number of nitrogens with zero attached hydrogens (tertiary/aromatic N) is 1. The van der Waals surface area contributed by atoms with Gasteiger partial charge in [0.05, 0.1) is 12.2 Å². The smallest absolute Gasteiger partial charge is 0.233 e. The SMILES string of the molecule is CC(C)(C)C(=O)COC1=C(CBr)CS(=O)(=O)[C@H]2CC(=O)N12. The molecule has 0 bridgehead atoms. The zero-order valence-electron chi connectivity index (χ0n) is 12.2. The quantitative estimate of drug-likeness (QED) is 0.541. The van der Waals surface area contributed by atoms with Crippen molar-refractivity contribution in [1.82, 2.24) is 4.90 Å². The van der Waals surface area contributed by atoms with Gasteiger partial charge in [-0.3, -0.25) is 14.5 Å². The number of halogens is 1. The highest BCUT2D eigenvalue weighted by atomic mass is 79.9. The van der Waals surface area contributed by atoms with E-state index in [0.29, 0.717) is 5.57 Å². The summed E-state index contributed by atoms with van der Waals surface area (Å²) < 4.78 is 29.6. The number of sulfone groups is 1. The van der Waals surface area contributed by atoms with Gasteiger partial charge in [-0.05, 0) is 0 Å². The summed E-state index contributed by atoms with van der Waals surface area (Å²) in [5.41, 5.74) is -0.0742. The van der Waals surface area contributed by atoms with Gasteiger partial charge in [-0.25, -0.2) is 8.42 Å². The zero-order valence-corrected chi connectivity index (χ0v) is 14.6. The van der Waals surface area contributed by atoms with Gasteiger partial charge >= 0.3 is 0 Å². The number of hydrogen-bond acceptors (Lipinski definition) is 5. The Bertz CT molecular complexity index is 617. The molecule has 2 rings (SSSR count). The minimum atomic E-state index is -3.37. The Kier molecular flexibility index (Phi) is 4.23. The lowest BCUT2D eigenvalue weighted by Crippen LogP contribution is -2.59. The summed E-state index contributed by atoms with van der Waals surface area (Å²) in [7, 11) is -3.37. The maximum Gasteiger partial charge on any atom is 0.233 e. The molecule has 1 amide bonds. The summed E-state index contributed by atoms with van der Waals surface area (Å²) in [6, 6.07) is 0. The van der Waals surface area contributed by atoms with Crippen LogP contribution in [0.1, 0.15) is 27.2 Å². The number of rotatable bonds is 4. The van der Waals surface area contributed by atoms with Gasteiger partial charge in [0.2, 0.25) is 5.91 Å². The zero-order chi connectivity index (χ0) is 16.0. The van der Waals surface area contributed by atoms with Crippen LogP contribution in [0.3, 0.4) is 0 Å². The van der Waals surface area contributed by atoms with E-state index in [1.165, 1.54) is 0 Å². The molecule has 21 heavy (non-hydrogen) atoms. The minimum absolute atomic E-state index is 0.0159. The van der Waals surface area contributed by atoms with Crippen molar-refractivity contribution in [2.75, 3.05) is 17.7 Å². The summed E-state index contributed by atoms with van der Waals surface area (Å²) >= 11 is 3.22. The number of carbonyl (C=O) groups is 2. The lowest BCUT2D eigenvalue weighted by molar-refractivity contribution is -0.145. The number of alkyl halides is 1. The first kappa shape index (κ1) is 16.5. The van der Waals surface area contributed by atoms with Crippen LogP contribution in [0.5, 0.6) is 0 Å². The predicted molar refractivity (Wildman–Crippen MR) is 80.3 cm³/mol. The van der Waals surface area contributed by atoms with Crippen LogP contribution in [0.15, 0.2) is 11.5 Å². The Balaban J connectivity index is 2.25. The molecule has 2 aliphatic rings. The second-order valence-corrected chi connectivity index (χ2v) is 8.95. The van der Waals surface area contributed by atoms with Crippen molar-refractivity contribution in [2.24, 2.45) is 5.41 Å². The van der Waals surface area contributed by atoms with E-state index < -0.39 is 20.6 Å². The van der Waals surface area contributed by atoms with Gasteiger partial charge in [-0.15, -0.1) is 0 Å². The van der Waals surface area contributed by atoms with E-state index in [1.807, 2.05) is 0 Å². The number of carbonyl (C=O) groups excluding carboxylic acids is 2. The number of ether oxygens (including phenoxy) is 1. The molecule has 0 aliphatic carbocycles. The van der Waals surface area contributed by atoms with Crippen molar-refractivity contribution >= 4 is 37.5 Å². The van der Waals surface area contributed by atoms with Crippen LogP contribution >= 0.6 is 15.9 Å². The van der Waals surface area contributed by atoms with Crippen molar-refractivity contribution in [1.29, 1.82) is 0 Å². The molecule has 1 saturated heterocycles. The van der Waals surface area contributed by atoms with Crippen LogP contribution in [-0.2, 0) is 24.2 Å². The van der Waals surface area contributed by atoms with Crippen LogP contribution in [0.2, 0.25) is 0 Å². The van der Waals surface area contributed by atoms with Crippen molar-refractivity contribution in [2.45, 2.75) is 32.6 Å². The highest BCUT2D eigenvalue weighted by Crippen LogP contribution is 2.37. The lowest BCUT2D eigenvalue weighted by atomic mass is 9.91. The number of ketones is 1.